The molecule has 3 rings (SSSR count). The number of ether oxygens (including phenoxy) is 1. The van der Waals surface area contributed by atoms with Crippen molar-refractivity contribution in [2.75, 3.05) is 6.61 Å². The number of rotatable bonds is 5. The van der Waals surface area contributed by atoms with Gasteiger partial charge < -0.3 is 9.84 Å². The molecular formula is C16H20N2O2. The monoisotopic (exact) mass is 272 g/mol. The third-order valence-electron chi connectivity index (χ3n) is 3.80. The maximum atomic E-state index is 10.4. The molecule has 106 valence electrons. The number of hydrogen-bond donors (Lipinski definition) is 1. The maximum absolute atomic E-state index is 10.4. The summed E-state index contributed by atoms with van der Waals surface area (Å²) < 4.78 is 7.41. The molecule has 1 fully saturated rings. The Morgan fingerprint density at radius 1 is 1.30 bits per heavy atom. The zero-order chi connectivity index (χ0) is 13.8. The first-order valence-corrected chi connectivity index (χ1v) is 7.23. The summed E-state index contributed by atoms with van der Waals surface area (Å²) in [5.74, 6) is 0. The molecule has 0 radical (unpaired) electrons. The summed E-state index contributed by atoms with van der Waals surface area (Å²) in [6.45, 7) is 0.864. The number of hydrogen-bond acceptors (Lipinski definition) is 3. The molecule has 4 heteroatoms. The largest absolute Gasteiger partial charge is 0.387 e. The van der Waals surface area contributed by atoms with Crippen LogP contribution in [0.25, 0.3) is 5.69 Å². The van der Waals surface area contributed by atoms with E-state index in [1.807, 2.05) is 36.4 Å². The van der Waals surface area contributed by atoms with E-state index in [0.717, 1.165) is 37.3 Å². The second-order valence-electron chi connectivity index (χ2n) is 5.23. The Balaban J connectivity index is 1.69. The molecule has 2 heterocycles. The fourth-order valence-corrected chi connectivity index (χ4v) is 2.71. The normalized spacial score (nSPS) is 20.1. The van der Waals surface area contributed by atoms with E-state index in [9.17, 15) is 5.11 Å². The van der Waals surface area contributed by atoms with Crippen LogP contribution < -0.4 is 0 Å². The standard InChI is InChI=1S/C16H20N2O2/c19-16(9-8-14-7-4-12-20-14)15-10-11-17-18(15)13-5-2-1-3-6-13/h1-3,5-6,10-11,14,16,19H,4,7-9,12H2. The minimum absolute atomic E-state index is 0.317. The lowest BCUT2D eigenvalue weighted by atomic mass is 10.1. The highest BCUT2D eigenvalue weighted by atomic mass is 16.5. The molecule has 2 unspecified atom stereocenters. The first kappa shape index (κ1) is 13.3. The molecule has 20 heavy (non-hydrogen) atoms. The van der Waals surface area contributed by atoms with Gasteiger partial charge in [0.05, 0.1) is 23.6 Å². The van der Waals surface area contributed by atoms with E-state index in [4.69, 9.17) is 4.74 Å². The molecule has 2 aromatic rings. The Labute approximate surface area is 119 Å². The third kappa shape index (κ3) is 2.92. The van der Waals surface area contributed by atoms with Gasteiger partial charge in [0.2, 0.25) is 0 Å². The fraction of sp³-hybridized carbons (Fsp3) is 0.438. The Morgan fingerprint density at radius 2 is 2.15 bits per heavy atom. The first-order valence-electron chi connectivity index (χ1n) is 7.23. The van der Waals surface area contributed by atoms with Crippen molar-refractivity contribution >= 4 is 0 Å². The molecule has 0 bridgehead atoms. The van der Waals surface area contributed by atoms with Crippen LogP contribution in [0.3, 0.4) is 0 Å². The summed E-state index contributed by atoms with van der Waals surface area (Å²) in [5, 5.41) is 14.7. The lowest BCUT2D eigenvalue weighted by Gasteiger charge is -2.15. The smallest absolute Gasteiger partial charge is 0.0962 e. The quantitative estimate of drug-likeness (QED) is 0.910. The minimum Gasteiger partial charge on any atom is -0.387 e. The van der Waals surface area contributed by atoms with Gasteiger partial charge in [0, 0.05) is 12.8 Å². The Kier molecular flexibility index (Phi) is 4.14. The Bertz CT molecular complexity index is 532. The number of aliphatic hydroxyl groups excluding tert-OH is 1. The minimum atomic E-state index is -0.498. The van der Waals surface area contributed by atoms with Gasteiger partial charge in [0.15, 0.2) is 0 Å². The van der Waals surface area contributed by atoms with Crippen molar-refractivity contribution in [1.82, 2.24) is 9.78 Å². The van der Waals surface area contributed by atoms with Crippen molar-refractivity contribution in [3.8, 4) is 5.69 Å². The molecule has 4 nitrogen and oxygen atoms in total. The van der Waals surface area contributed by atoms with Gasteiger partial charge in [-0.25, -0.2) is 4.68 Å². The van der Waals surface area contributed by atoms with Gasteiger partial charge in [-0.15, -0.1) is 0 Å². The summed E-state index contributed by atoms with van der Waals surface area (Å²) in [6.07, 6.45) is 5.43. The molecular weight excluding hydrogens is 252 g/mol. The number of para-hydroxylation sites is 1. The van der Waals surface area contributed by atoms with E-state index >= 15 is 0 Å². The number of aliphatic hydroxyl groups is 1. The molecule has 1 aliphatic rings. The molecule has 1 N–H and O–H groups in total. The zero-order valence-corrected chi connectivity index (χ0v) is 11.5. The van der Waals surface area contributed by atoms with Crippen molar-refractivity contribution < 1.29 is 9.84 Å². The molecule has 1 saturated heterocycles. The van der Waals surface area contributed by atoms with Gasteiger partial charge in [-0.1, -0.05) is 18.2 Å². The average molecular weight is 272 g/mol. The van der Waals surface area contributed by atoms with Crippen LogP contribution in [0.5, 0.6) is 0 Å². The Morgan fingerprint density at radius 3 is 2.90 bits per heavy atom. The average Bonchev–Trinajstić information content (AvgIpc) is 3.17. The van der Waals surface area contributed by atoms with Gasteiger partial charge in [-0.2, -0.15) is 5.10 Å². The van der Waals surface area contributed by atoms with Crippen LogP contribution in [0, 0.1) is 0 Å². The van der Waals surface area contributed by atoms with E-state index in [1.165, 1.54) is 0 Å². The van der Waals surface area contributed by atoms with Crippen molar-refractivity contribution in [2.45, 2.75) is 37.9 Å². The molecule has 1 aliphatic heterocycles. The molecule has 2 atom stereocenters. The van der Waals surface area contributed by atoms with Crippen LogP contribution in [0.4, 0.5) is 0 Å². The zero-order valence-electron chi connectivity index (χ0n) is 11.5. The van der Waals surface area contributed by atoms with Crippen molar-refractivity contribution in [2.24, 2.45) is 0 Å². The maximum Gasteiger partial charge on any atom is 0.0962 e. The van der Waals surface area contributed by atoms with E-state index in [2.05, 4.69) is 5.10 Å². The predicted molar refractivity (Wildman–Crippen MR) is 76.7 cm³/mol. The van der Waals surface area contributed by atoms with Gasteiger partial charge in [-0.05, 0) is 43.9 Å². The molecule has 0 aliphatic carbocycles. The van der Waals surface area contributed by atoms with Crippen molar-refractivity contribution in [3.63, 3.8) is 0 Å². The van der Waals surface area contributed by atoms with Crippen LogP contribution in [0.15, 0.2) is 42.6 Å². The number of aromatic nitrogens is 2. The number of benzene rings is 1. The van der Waals surface area contributed by atoms with E-state index in [-0.39, 0.29) is 0 Å². The predicted octanol–water partition coefficient (Wildman–Crippen LogP) is 2.86. The Hall–Kier alpha value is -1.65. The van der Waals surface area contributed by atoms with Gasteiger partial charge in [0.25, 0.3) is 0 Å². The van der Waals surface area contributed by atoms with Crippen LogP contribution in [-0.2, 0) is 4.74 Å². The van der Waals surface area contributed by atoms with E-state index < -0.39 is 6.10 Å². The van der Waals surface area contributed by atoms with Gasteiger partial charge in [-0.3, -0.25) is 0 Å². The third-order valence-corrected chi connectivity index (χ3v) is 3.80. The molecule has 0 amide bonds. The van der Waals surface area contributed by atoms with Crippen LogP contribution in [0.2, 0.25) is 0 Å². The van der Waals surface area contributed by atoms with Crippen molar-refractivity contribution in [3.05, 3.63) is 48.3 Å². The highest BCUT2D eigenvalue weighted by molar-refractivity contribution is 5.32. The summed E-state index contributed by atoms with van der Waals surface area (Å²) in [6, 6.07) is 11.8. The van der Waals surface area contributed by atoms with Crippen LogP contribution >= 0.6 is 0 Å². The molecule has 1 aromatic carbocycles. The second-order valence-corrected chi connectivity index (χ2v) is 5.23. The lowest BCUT2D eigenvalue weighted by Crippen LogP contribution is -2.11. The van der Waals surface area contributed by atoms with Crippen LogP contribution in [-0.4, -0.2) is 27.6 Å². The number of nitrogens with zero attached hydrogens (tertiary/aromatic N) is 2. The molecule has 1 aromatic heterocycles. The first-order chi connectivity index (χ1) is 9.84. The second kappa shape index (κ2) is 6.20. The summed E-state index contributed by atoms with van der Waals surface area (Å²) >= 11 is 0. The fourth-order valence-electron chi connectivity index (χ4n) is 2.71. The summed E-state index contributed by atoms with van der Waals surface area (Å²) in [5.41, 5.74) is 1.82. The van der Waals surface area contributed by atoms with Crippen LogP contribution in [0.1, 0.15) is 37.5 Å². The van der Waals surface area contributed by atoms with E-state index in [1.54, 1.807) is 10.9 Å². The van der Waals surface area contributed by atoms with Gasteiger partial charge in [0.1, 0.15) is 0 Å². The topological polar surface area (TPSA) is 47.3 Å². The summed E-state index contributed by atoms with van der Waals surface area (Å²) in [7, 11) is 0. The van der Waals surface area contributed by atoms with E-state index in [0.29, 0.717) is 12.5 Å². The highest BCUT2D eigenvalue weighted by Gasteiger charge is 2.19. The van der Waals surface area contributed by atoms with Crippen molar-refractivity contribution in [1.29, 1.82) is 0 Å². The SMILES string of the molecule is OC(CCC1CCCO1)c1ccnn1-c1ccccc1. The lowest BCUT2D eigenvalue weighted by molar-refractivity contribution is 0.0795. The molecule has 0 spiro atoms. The molecule has 0 saturated carbocycles. The highest BCUT2D eigenvalue weighted by Crippen LogP contribution is 2.25. The van der Waals surface area contributed by atoms with Gasteiger partial charge >= 0.3 is 0 Å². The summed E-state index contributed by atoms with van der Waals surface area (Å²) in [4.78, 5) is 0.